The molecule has 0 saturated carbocycles. The van der Waals surface area contributed by atoms with Crippen molar-refractivity contribution in [3.05, 3.63) is 59.7 Å². The predicted octanol–water partition coefficient (Wildman–Crippen LogP) is 2.97. The van der Waals surface area contributed by atoms with Gasteiger partial charge in [-0.1, -0.05) is 24.3 Å². The zero-order chi connectivity index (χ0) is 17.6. The lowest BCUT2D eigenvalue weighted by Gasteiger charge is -2.09. The minimum Gasteiger partial charge on any atom is -0.494 e. The van der Waals surface area contributed by atoms with Crippen LogP contribution in [0.4, 0.5) is 0 Å². The van der Waals surface area contributed by atoms with Crippen molar-refractivity contribution in [1.82, 2.24) is 4.72 Å². The van der Waals surface area contributed by atoms with E-state index in [1.54, 1.807) is 12.1 Å². The lowest BCUT2D eigenvalue weighted by atomic mass is 10.1. The van der Waals surface area contributed by atoms with Crippen LogP contribution in [-0.4, -0.2) is 20.9 Å². The van der Waals surface area contributed by atoms with Crippen molar-refractivity contribution in [3.8, 4) is 5.75 Å². The van der Waals surface area contributed by atoms with Crippen molar-refractivity contribution in [2.45, 2.75) is 31.6 Å². The Morgan fingerprint density at radius 2 is 1.75 bits per heavy atom. The van der Waals surface area contributed by atoms with Crippen LogP contribution >= 0.6 is 0 Å². The third kappa shape index (κ3) is 5.09. The van der Waals surface area contributed by atoms with Crippen molar-refractivity contribution in [3.63, 3.8) is 0 Å². The van der Waals surface area contributed by atoms with E-state index in [9.17, 15) is 13.2 Å². The van der Waals surface area contributed by atoms with E-state index in [2.05, 4.69) is 4.72 Å². The van der Waals surface area contributed by atoms with Crippen LogP contribution in [0.15, 0.2) is 53.4 Å². The van der Waals surface area contributed by atoms with Gasteiger partial charge in [0.05, 0.1) is 11.5 Å². The highest BCUT2D eigenvalue weighted by atomic mass is 32.2. The highest BCUT2D eigenvalue weighted by Crippen LogP contribution is 2.15. The fraction of sp³-hybridized carbons (Fsp3) is 0.278. The number of para-hydroxylation sites is 1. The number of carbonyl (C=O) groups excluding carboxylic acids is 1. The first kappa shape index (κ1) is 18.0. The Labute approximate surface area is 142 Å². The predicted molar refractivity (Wildman–Crippen MR) is 92.4 cm³/mol. The van der Waals surface area contributed by atoms with Crippen molar-refractivity contribution in [2.75, 3.05) is 6.61 Å². The third-order valence-corrected chi connectivity index (χ3v) is 4.97. The standard InChI is InChI=1S/C18H21NO4S/c1-14-10-11-17(13-15(14)2)24(21,22)19-18(20)9-6-12-23-16-7-4-3-5-8-16/h3-5,7-8,10-11,13H,6,9,12H2,1-2H3,(H,19,20). The molecule has 1 amide bonds. The van der Waals surface area contributed by atoms with Gasteiger partial charge in [-0.3, -0.25) is 4.79 Å². The molecular formula is C18H21NO4S. The third-order valence-electron chi connectivity index (χ3n) is 3.60. The molecule has 128 valence electrons. The number of nitrogens with one attached hydrogen (secondary N) is 1. The lowest BCUT2D eigenvalue weighted by molar-refractivity contribution is -0.119. The molecule has 0 unspecified atom stereocenters. The number of sulfonamides is 1. The number of amides is 1. The van der Waals surface area contributed by atoms with E-state index in [0.29, 0.717) is 13.0 Å². The van der Waals surface area contributed by atoms with Crippen molar-refractivity contribution in [2.24, 2.45) is 0 Å². The fourth-order valence-electron chi connectivity index (χ4n) is 2.08. The van der Waals surface area contributed by atoms with E-state index in [1.165, 1.54) is 6.07 Å². The van der Waals surface area contributed by atoms with Crippen LogP contribution in [0.1, 0.15) is 24.0 Å². The van der Waals surface area contributed by atoms with Gasteiger partial charge >= 0.3 is 0 Å². The first-order valence-corrected chi connectivity index (χ1v) is 9.17. The van der Waals surface area contributed by atoms with Crippen molar-refractivity contribution in [1.29, 1.82) is 0 Å². The summed E-state index contributed by atoms with van der Waals surface area (Å²) in [5.74, 6) is 0.186. The summed E-state index contributed by atoms with van der Waals surface area (Å²) in [5.41, 5.74) is 1.86. The molecule has 0 aliphatic heterocycles. The van der Waals surface area contributed by atoms with Crippen LogP contribution in [0.3, 0.4) is 0 Å². The van der Waals surface area contributed by atoms with Gasteiger partial charge in [-0.2, -0.15) is 0 Å². The molecule has 24 heavy (non-hydrogen) atoms. The Morgan fingerprint density at radius 3 is 2.42 bits per heavy atom. The van der Waals surface area contributed by atoms with Gasteiger partial charge in [-0.25, -0.2) is 13.1 Å². The van der Waals surface area contributed by atoms with Crippen molar-refractivity contribution < 1.29 is 17.9 Å². The maximum Gasteiger partial charge on any atom is 0.264 e. The molecule has 0 heterocycles. The zero-order valence-electron chi connectivity index (χ0n) is 13.8. The first-order valence-electron chi connectivity index (χ1n) is 7.69. The second kappa shape index (κ2) is 7.97. The van der Waals surface area contributed by atoms with E-state index in [0.717, 1.165) is 16.9 Å². The van der Waals surface area contributed by atoms with Crippen LogP contribution < -0.4 is 9.46 Å². The number of ether oxygens (including phenoxy) is 1. The smallest absolute Gasteiger partial charge is 0.264 e. The highest BCUT2D eigenvalue weighted by molar-refractivity contribution is 7.90. The van der Waals surface area contributed by atoms with Gasteiger partial charge in [0.1, 0.15) is 5.75 Å². The molecule has 0 atom stereocenters. The maximum absolute atomic E-state index is 12.2. The molecule has 0 aliphatic carbocycles. The summed E-state index contributed by atoms with van der Waals surface area (Å²) in [4.78, 5) is 11.9. The van der Waals surface area contributed by atoms with Gasteiger partial charge in [0, 0.05) is 6.42 Å². The molecule has 0 aromatic heterocycles. The number of hydrogen-bond acceptors (Lipinski definition) is 4. The average molecular weight is 347 g/mol. The van der Waals surface area contributed by atoms with E-state index < -0.39 is 15.9 Å². The normalized spacial score (nSPS) is 11.1. The molecule has 1 N–H and O–H groups in total. The SMILES string of the molecule is Cc1ccc(S(=O)(=O)NC(=O)CCCOc2ccccc2)cc1C. The second-order valence-electron chi connectivity index (χ2n) is 5.54. The number of benzene rings is 2. The van der Waals surface area contributed by atoms with Gasteiger partial charge in [-0.05, 0) is 55.7 Å². The summed E-state index contributed by atoms with van der Waals surface area (Å²) in [6, 6.07) is 14.0. The molecule has 0 bridgehead atoms. The fourth-order valence-corrected chi connectivity index (χ4v) is 3.18. The summed E-state index contributed by atoms with van der Waals surface area (Å²) in [7, 11) is -3.83. The Hall–Kier alpha value is -2.34. The number of rotatable bonds is 7. The Morgan fingerprint density at radius 1 is 1.04 bits per heavy atom. The molecule has 6 heteroatoms. The first-order chi connectivity index (χ1) is 11.4. The van der Waals surface area contributed by atoms with Crippen LogP contribution in [-0.2, 0) is 14.8 Å². The molecule has 2 aromatic rings. The minimum atomic E-state index is -3.83. The van der Waals surface area contributed by atoms with E-state index in [1.807, 2.05) is 44.2 Å². The number of hydrogen-bond donors (Lipinski definition) is 1. The molecule has 2 rings (SSSR count). The molecule has 0 aliphatic rings. The second-order valence-corrected chi connectivity index (χ2v) is 7.22. The van der Waals surface area contributed by atoms with Gasteiger partial charge in [0.2, 0.25) is 5.91 Å². The Balaban J connectivity index is 1.83. The number of aryl methyl sites for hydroxylation is 2. The number of carbonyl (C=O) groups is 1. The highest BCUT2D eigenvalue weighted by Gasteiger charge is 2.17. The lowest BCUT2D eigenvalue weighted by Crippen LogP contribution is -2.30. The van der Waals surface area contributed by atoms with E-state index in [-0.39, 0.29) is 11.3 Å². The summed E-state index contributed by atoms with van der Waals surface area (Å²) < 4.78 is 32.0. The largest absolute Gasteiger partial charge is 0.494 e. The minimum absolute atomic E-state index is 0.0803. The Kier molecular flexibility index (Phi) is 5.98. The van der Waals surface area contributed by atoms with Gasteiger partial charge in [0.15, 0.2) is 0 Å². The molecule has 0 saturated heterocycles. The van der Waals surface area contributed by atoms with Crippen molar-refractivity contribution >= 4 is 15.9 Å². The van der Waals surface area contributed by atoms with Gasteiger partial charge in [-0.15, -0.1) is 0 Å². The van der Waals surface area contributed by atoms with Crippen LogP contribution in [0, 0.1) is 13.8 Å². The topological polar surface area (TPSA) is 72.5 Å². The van der Waals surface area contributed by atoms with E-state index >= 15 is 0 Å². The van der Waals surface area contributed by atoms with E-state index in [4.69, 9.17) is 4.74 Å². The quantitative estimate of drug-likeness (QED) is 0.782. The molecule has 2 aromatic carbocycles. The summed E-state index contributed by atoms with van der Waals surface area (Å²) in [5, 5.41) is 0. The van der Waals surface area contributed by atoms with Gasteiger partial charge in [0.25, 0.3) is 10.0 Å². The molecule has 0 spiro atoms. The summed E-state index contributed by atoms with van der Waals surface area (Å²) in [6.45, 7) is 4.08. The monoisotopic (exact) mass is 347 g/mol. The van der Waals surface area contributed by atoms with Crippen LogP contribution in [0.25, 0.3) is 0 Å². The van der Waals surface area contributed by atoms with Crippen LogP contribution in [0.5, 0.6) is 5.75 Å². The summed E-state index contributed by atoms with van der Waals surface area (Å²) >= 11 is 0. The average Bonchev–Trinajstić information content (AvgIpc) is 2.54. The molecule has 5 nitrogen and oxygen atoms in total. The van der Waals surface area contributed by atoms with Gasteiger partial charge < -0.3 is 4.74 Å². The Bertz CT molecular complexity index is 801. The zero-order valence-corrected chi connectivity index (χ0v) is 14.6. The maximum atomic E-state index is 12.2. The molecule has 0 fully saturated rings. The molecule has 0 radical (unpaired) electrons. The van der Waals surface area contributed by atoms with Crippen LogP contribution in [0.2, 0.25) is 0 Å². The summed E-state index contributed by atoms with van der Waals surface area (Å²) in [6.07, 6.45) is 0.514. The molecular weight excluding hydrogens is 326 g/mol.